The Morgan fingerprint density at radius 1 is 1.00 bits per heavy atom. The number of urea groups is 1. The number of rotatable bonds is 7. The van der Waals surface area contributed by atoms with Gasteiger partial charge in [0.25, 0.3) is 0 Å². The van der Waals surface area contributed by atoms with E-state index in [1.54, 1.807) is 20.3 Å². The molecule has 2 rings (SSSR count). The molecule has 25 heavy (non-hydrogen) atoms. The van der Waals surface area contributed by atoms with Crippen LogP contribution in [0.2, 0.25) is 0 Å². The van der Waals surface area contributed by atoms with Crippen LogP contribution in [0.5, 0.6) is 17.2 Å². The summed E-state index contributed by atoms with van der Waals surface area (Å²) < 4.78 is 16.2. The number of ether oxygens (including phenoxy) is 3. The van der Waals surface area contributed by atoms with E-state index in [1.807, 2.05) is 50.2 Å². The summed E-state index contributed by atoms with van der Waals surface area (Å²) in [5.74, 6) is 1.91. The third-order valence-electron chi connectivity index (χ3n) is 3.63. The van der Waals surface area contributed by atoms with E-state index < -0.39 is 0 Å². The Hall–Kier alpha value is -2.89. The van der Waals surface area contributed by atoms with Crippen molar-refractivity contribution in [3.8, 4) is 17.2 Å². The van der Waals surface area contributed by atoms with E-state index in [4.69, 9.17) is 14.2 Å². The summed E-state index contributed by atoms with van der Waals surface area (Å²) in [6.45, 7) is 4.09. The van der Waals surface area contributed by atoms with Crippen molar-refractivity contribution in [3.05, 3.63) is 48.0 Å². The van der Waals surface area contributed by atoms with Crippen LogP contribution >= 0.6 is 0 Å². The second-order valence-electron chi connectivity index (χ2n) is 5.61. The van der Waals surface area contributed by atoms with Gasteiger partial charge in [-0.15, -0.1) is 0 Å². The van der Waals surface area contributed by atoms with E-state index in [-0.39, 0.29) is 12.1 Å². The fourth-order valence-corrected chi connectivity index (χ4v) is 2.34. The van der Waals surface area contributed by atoms with Crippen molar-refractivity contribution in [2.45, 2.75) is 19.9 Å². The summed E-state index contributed by atoms with van der Waals surface area (Å²) in [5.41, 5.74) is 1.58. The minimum Gasteiger partial charge on any atom is -0.495 e. The molecule has 0 spiro atoms. The van der Waals surface area contributed by atoms with Gasteiger partial charge in [0.15, 0.2) is 11.5 Å². The number of hydrogen-bond donors (Lipinski definition) is 2. The first kappa shape index (κ1) is 18.4. The second kappa shape index (κ2) is 8.82. The van der Waals surface area contributed by atoms with Gasteiger partial charge < -0.3 is 24.8 Å². The molecule has 0 radical (unpaired) electrons. The fourth-order valence-electron chi connectivity index (χ4n) is 2.34. The zero-order chi connectivity index (χ0) is 18.2. The highest BCUT2D eigenvalue weighted by molar-refractivity contribution is 5.92. The Morgan fingerprint density at radius 3 is 2.32 bits per heavy atom. The molecule has 0 aliphatic heterocycles. The lowest BCUT2D eigenvalue weighted by Gasteiger charge is -2.18. The maximum atomic E-state index is 12.2. The number of para-hydroxylation sites is 3. The van der Waals surface area contributed by atoms with Gasteiger partial charge in [-0.05, 0) is 37.6 Å². The smallest absolute Gasteiger partial charge is 0.319 e. The average Bonchev–Trinajstić information content (AvgIpc) is 2.61. The first-order chi connectivity index (χ1) is 12.0. The van der Waals surface area contributed by atoms with Crippen LogP contribution in [0.15, 0.2) is 42.5 Å². The molecule has 134 valence electrons. The van der Waals surface area contributed by atoms with E-state index in [9.17, 15) is 4.79 Å². The van der Waals surface area contributed by atoms with Crippen LogP contribution in [0.3, 0.4) is 0 Å². The lowest BCUT2D eigenvalue weighted by atomic mass is 10.2. The minimum absolute atomic E-state index is 0.195. The molecule has 0 aromatic heterocycles. The lowest BCUT2D eigenvalue weighted by molar-refractivity contribution is 0.233. The Bertz CT molecular complexity index is 718. The second-order valence-corrected chi connectivity index (χ2v) is 5.61. The third kappa shape index (κ3) is 5.04. The molecule has 2 aromatic rings. The van der Waals surface area contributed by atoms with Crippen molar-refractivity contribution in [1.82, 2.24) is 5.32 Å². The largest absolute Gasteiger partial charge is 0.495 e. The van der Waals surface area contributed by atoms with Crippen molar-refractivity contribution in [2.75, 3.05) is 26.1 Å². The normalized spacial score (nSPS) is 11.4. The zero-order valence-corrected chi connectivity index (χ0v) is 15.0. The number of carbonyl (C=O) groups is 1. The Kier molecular flexibility index (Phi) is 6.51. The number of aryl methyl sites for hydroxylation is 1. The van der Waals surface area contributed by atoms with Crippen molar-refractivity contribution < 1.29 is 19.0 Å². The van der Waals surface area contributed by atoms with Crippen molar-refractivity contribution in [2.24, 2.45) is 0 Å². The molecule has 0 bridgehead atoms. The number of benzene rings is 2. The van der Waals surface area contributed by atoms with Crippen molar-refractivity contribution in [1.29, 1.82) is 0 Å². The molecule has 0 saturated heterocycles. The lowest BCUT2D eigenvalue weighted by Crippen LogP contribution is -2.39. The van der Waals surface area contributed by atoms with E-state index in [0.717, 1.165) is 5.56 Å². The Morgan fingerprint density at radius 2 is 1.64 bits per heavy atom. The van der Waals surface area contributed by atoms with Crippen LogP contribution in [0, 0.1) is 6.92 Å². The van der Waals surface area contributed by atoms with Crippen LogP contribution < -0.4 is 24.8 Å². The van der Waals surface area contributed by atoms with Crippen LogP contribution in [-0.4, -0.2) is 32.9 Å². The van der Waals surface area contributed by atoms with Gasteiger partial charge in [0.1, 0.15) is 12.4 Å². The van der Waals surface area contributed by atoms with Gasteiger partial charge in [-0.3, -0.25) is 0 Å². The molecule has 6 nitrogen and oxygen atoms in total. The predicted molar refractivity (Wildman–Crippen MR) is 97.8 cm³/mol. The molecular weight excluding hydrogens is 320 g/mol. The maximum absolute atomic E-state index is 12.2. The van der Waals surface area contributed by atoms with Gasteiger partial charge >= 0.3 is 6.03 Å². The fraction of sp³-hybridized carbons (Fsp3) is 0.316. The molecule has 2 amide bonds. The number of nitrogens with one attached hydrogen (secondary N) is 2. The molecule has 6 heteroatoms. The molecule has 0 aliphatic rings. The molecule has 2 N–H and O–H groups in total. The zero-order valence-electron chi connectivity index (χ0n) is 15.0. The van der Waals surface area contributed by atoms with Gasteiger partial charge in [0.2, 0.25) is 0 Å². The summed E-state index contributed by atoms with van der Waals surface area (Å²) in [6.07, 6.45) is 0. The average molecular weight is 344 g/mol. The van der Waals surface area contributed by atoms with Gasteiger partial charge in [-0.2, -0.15) is 0 Å². The molecule has 0 aliphatic carbocycles. The number of hydrogen-bond acceptors (Lipinski definition) is 4. The van der Waals surface area contributed by atoms with Gasteiger partial charge in [0, 0.05) is 0 Å². The van der Waals surface area contributed by atoms with Crippen molar-refractivity contribution >= 4 is 11.7 Å². The van der Waals surface area contributed by atoms with Crippen LogP contribution in [0.25, 0.3) is 0 Å². The third-order valence-corrected chi connectivity index (χ3v) is 3.63. The van der Waals surface area contributed by atoms with Crippen LogP contribution in [0.4, 0.5) is 10.5 Å². The number of anilines is 1. The highest BCUT2D eigenvalue weighted by atomic mass is 16.5. The standard InChI is InChI=1S/C19H24N2O4/c1-13-8-7-11-17(24-4)18(13)21-19(22)20-14(2)12-25-16-10-6-5-9-15(16)23-3/h5-11,14H,12H2,1-4H3,(H2,20,21,22)/t14-/m1/s1. The topological polar surface area (TPSA) is 68.8 Å². The quantitative estimate of drug-likeness (QED) is 0.805. The Labute approximate surface area is 148 Å². The van der Waals surface area contributed by atoms with Gasteiger partial charge in [-0.25, -0.2) is 4.79 Å². The predicted octanol–water partition coefficient (Wildman–Crippen LogP) is 3.60. The summed E-state index contributed by atoms with van der Waals surface area (Å²) >= 11 is 0. The van der Waals surface area contributed by atoms with E-state index in [0.29, 0.717) is 29.5 Å². The first-order valence-electron chi connectivity index (χ1n) is 8.02. The summed E-state index contributed by atoms with van der Waals surface area (Å²) in [7, 11) is 3.16. The van der Waals surface area contributed by atoms with E-state index in [2.05, 4.69) is 10.6 Å². The monoisotopic (exact) mass is 344 g/mol. The van der Waals surface area contributed by atoms with E-state index >= 15 is 0 Å². The Balaban J connectivity index is 1.90. The molecule has 2 aromatic carbocycles. The first-order valence-corrected chi connectivity index (χ1v) is 8.02. The highest BCUT2D eigenvalue weighted by Crippen LogP contribution is 2.27. The van der Waals surface area contributed by atoms with Gasteiger partial charge in [0.05, 0.1) is 25.9 Å². The summed E-state index contributed by atoms with van der Waals surface area (Å²) in [4.78, 5) is 12.2. The molecule has 0 heterocycles. The summed E-state index contributed by atoms with van der Waals surface area (Å²) in [5, 5.41) is 5.67. The molecule has 1 atom stereocenters. The van der Waals surface area contributed by atoms with Crippen LogP contribution in [-0.2, 0) is 0 Å². The van der Waals surface area contributed by atoms with E-state index in [1.165, 1.54) is 0 Å². The maximum Gasteiger partial charge on any atom is 0.319 e. The molecule has 0 fully saturated rings. The van der Waals surface area contributed by atoms with Crippen LogP contribution in [0.1, 0.15) is 12.5 Å². The molecule has 0 unspecified atom stereocenters. The SMILES string of the molecule is COc1ccccc1OC[C@@H](C)NC(=O)Nc1c(C)cccc1OC. The molecule has 0 saturated carbocycles. The number of carbonyl (C=O) groups excluding carboxylic acids is 1. The minimum atomic E-state index is -0.316. The van der Waals surface area contributed by atoms with Crippen molar-refractivity contribution in [3.63, 3.8) is 0 Å². The number of amides is 2. The van der Waals surface area contributed by atoms with Gasteiger partial charge in [-0.1, -0.05) is 24.3 Å². The summed E-state index contributed by atoms with van der Waals surface area (Å²) in [6, 6.07) is 12.5. The highest BCUT2D eigenvalue weighted by Gasteiger charge is 2.13. The number of methoxy groups -OCH3 is 2. The molecular formula is C19H24N2O4.